The van der Waals surface area contributed by atoms with Crippen LogP contribution < -0.4 is 5.56 Å². The standard InChI is InChI=1S/C10H8NO/c1-11-7-6-8-4-2-3-5-9(8)10(11)12/h2-4,6-7H,1H3. The van der Waals surface area contributed by atoms with Gasteiger partial charge in [-0.25, -0.2) is 0 Å². The highest BCUT2D eigenvalue weighted by atomic mass is 16.1. The Morgan fingerprint density at radius 2 is 2.25 bits per heavy atom. The summed E-state index contributed by atoms with van der Waals surface area (Å²) in [7, 11) is 1.74. The van der Waals surface area contributed by atoms with Gasteiger partial charge in [0, 0.05) is 13.2 Å². The predicted molar refractivity (Wildman–Crippen MR) is 48.0 cm³/mol. The van der Waals surface area contributed by atoms with Crippen molar-refractivity contribution in [3.05, 3.63) is 46.9 Å². The molecule has 0 saturated carbocycles. The molecule has 2 rings (SSSR count). The first-order valence-electron chi connectivity index (χ1n) is 3.75. The van der Waals surface area contributed by atoms with Crippen LogP contribution in [0.3, 0.4) is 0 Å². The fourth-order valence-corrected chi connectivity index (χ4v) is 1.21. The molecule has 0 N–H and O–H groups in total. The summed E-state index contributed by atoms with van der Waals surface area (Å²) in [5.41, 5.74) is 0.00750. The maximum absolute atomic E-state index is 11.5. The van der Waals surface area contributed by atoms with Gasteiger partial charge in [-0.15, -0.1) is 0 Å². The van der Waals surface area contributed by atoms with Crippen molar-refractivity contribution in [3.63, 3.8) is 0 Å². The Labute approximate surface area is 70.1 Å². The Kier molecular flexibility index (Phi) is 1.47. The van der Waals surface area contributed by atoms with Gasteiger partial charge in [0.2, 0.25) is 0 Å². The van der Waals surface area contributed by atoms with Crippen molar-refractivity contribution in [2.24, 2.45) is 7.05 Å². The molecule has 0 unspecified atom stereocenters. The molecule has 0 aliphatic carbocycles. The molecular weight excluding hydrogens is 150 g/mol. The lowest BCUT2D eigenvalue weighted by molar-refractivity contribution is 0.873. The molecule has 0 aliphatic heterocycles. The van der Waals surface area contributed by atoms with Crippen LogP contribution in [0.5, 0.6) is 0 Å². The van der Waals surface area contributed by atoms with E-state index in [1.54, 1.807) is 23.9 Å². The monoisotopic (exact) mass is 158 g/mol. The summed E-state index contributed by atoms with van der Waals surface area (Å²) in [6.45, 7) is 0. The minimum atomic E-state index is 0.00750. The Morgan fingerprint density at radius 1 is 1.42 bits per heavy atom. The van der Waals surface area contributed by atoms with Gasteiger partial charge in [-0.3, -0.25) is 4.79 Å². The average Bonchev–Trinajstić information content (AvgIpc) is 2.12. The minimum absolute atomic E-state index is 0.00750. The van der Waals surface area contributed by atoms with Crippen molar-refractivity contribution in [1.82, 2.24) is 4.57 Å². The van der Waals surface area contributed by atoms with Gasteiger partial charge in [0.05, 0.1) is 5.39 Å². The molecule has 0 atom stereocenters. The number of nitrogens with zero attached hydrogens (tertiary/aromatic N) is 1. The smallest absolute Gasteiger partial charge is 0.258 e. The van der Waals surface area contributed by atoms with E-state index < -0.39 is 0 Å². The third-order valence-corrected chi connectivity index (χ3v) is 1.90. The molecule has 2 nitrogen and oxygen atoms in total. The average molecular weight is 158 g/mol. The second kappa shape index (κ2) is 2.48. The van der Waals surface area contributed by atoms with E-state index in [9.17, 15) is 4.79 Å². The zero-order valence-corrected chi connectivity index (χ0v) is 6.74. The molecule has 0 bridgehead atoms. The Balaban J connectivity index is 3.01. The Hall–Kier alpha value is -1.57. The van der Waals surface area contributed by atoms with Crippen molar-refractivity contribution in [3.8, 4) is 0 Å². The number of hydrogen-bond acceptors (Lipinski definition) is 1. The van der Waals surface area contributed by atoms with E-state index in [0.717, 1.165) is 5.39 Å². The van der Waals surface area contributed by atoms with Crippen LogP contribution in [0, 0.1) is 6.07 Å². The molecule has 2 aromatic rings. The van der Waals surface area contributed by atoms with Gasteiger partial charge >= 0.3 is 0 Å². The summed E-state index contributed by atoms with van der Waals surface area (Å²) in [5.74, 6) is 0. The maximum Gasteiger partial charge on any atom is 0.258 e. The van der Waals surface area contributed by atoms with E-state index in [0.29, 0.717) is 5.39 Å². The molecule has 1 aromatic carbocycles. The van der Waals surface area contributed by atoms with Gasteiger partial charge in [0.25, 0.3) is 5.56 Å². The first-order valence-corrected chi connectivity index (χ1v) is 3.75. The molecular formula is C10H8NO. The van der Waals surface area contributed by atoms with E-state index in [1.165, 1.54) is 0 Å². The minimum Gasteiger partial charge on any atom is -0.318 e. The van der Waals surface area contributed by atoms with E-state index in [4.69, 9.17) is 0 Å². The Morgan fingerprint density at radius 3 is 3.08 bits per heavy atom. The summed E-state index contributed by atoms with van der Waals surface area (Å²) >= 11 is 0. The van der Waals surface area contributed by atoms with Crippen molar-refractivity contribution in [1.29, 1.82) is 0 Å². The fourth-order valence-electron chi connectivity index (χ4n) is 1.21. The lowest BCUT2D eigenvalue weighted by Gasteiger charge is -1.98. The quantitative estimate of drug-likeness (QED) is 0.567. The number of pyridine rings is 1. The number of aromatic nitrogens is 1. The van der Waals surface area contributed by atoms with E-state index >= 15 is 0 Å². The molecule has 0 spiro atoms. The lowest BCUT2D eigenvalue weighted by Crippen LogP contribution is -2.15. The highest BCUT2D eigenvalue weighted by molar-refractivity contribution is 5.80. The molecule has 1 radical (unpaired) electrons. The first-order chi connectivity index (χ1) is 5.79. The molecule has 0 saturated heterocycles. The van der Waals surface area contributed by atoms with Crippen molar-refractivity contribution in [2.75, 3.05) is 0 Å². The van der Waals surface area contributed by atoms with Crippen LogP contribution >= 0.6 is 0 Å². The molecule has 1 aromatic heterocycles. The second-order valence-electron chi connectivity index (χ2n) is 2.73. The van der Waals surface area contributed by atoms with Crippen LogP contribution in [0.1, 0.15) is 0 Å². The van der Waals surface area contributed by atoms with Crippen LogP contribution in [0.4, 0.5) is 0 Å². The highest BCUT2D eigenvalue weighted by Crippen LogP contribution is 2.06. The Bertz CT molecular complexity index is 470. The molecule has 59 valence electrons. The molecule has 1 heterocycles. The van der Waals surface area contributed by atoms with Crippen LogP contribution in [0.25, 0.3) is 10.8 Å². The maximum atomic E-state index is 11.5. The number of hydrogen-bond donors (Lipinski definition) is 0. The van der Waals surface area contributed by atoms with Crippen LogP contribution in [-0.4, -0.2) is 4.57 Å². The summed E-state index contributed by atoms with van der Waals surface area (Å²) in [6, 6.07) is 10.4. The largest absolute Gasteiger partial charge is 0.318 e. The number of rotatable bonds is 0. The van der Waals surface area contributed by atoms with Gasteiger partial charge in [0.15, 0.2) is 0 Å². The number of fused-ring (bicyclic) bond motifs is 1. The summed E-state index contributed by atoms with van der Waals surface area (Å²) in [4.78, 5) is 11.5. The molecule has 12 heavy (non-hydrogen) atoms. The van der Waals surface area contributed by atoms with Gasteiger partial charge in [0.1, 0.15) is 0 Å². The third-order valence-electron chi connectivity index (χ3n) is 1.90. The van der Waals surface area contributed by atoms with Gasteiger partial charge < -0.3 is 4.57 Å². The molecule has 0 aliphatic rings. The predicted octanol–water partition coefficient (Wildman–Crippen LogP) is 1.34. The summed E-state index contributed by atoms with van der Waals surface area (Å²) in [5, 5.41) is 1.60. The molecule has 2 heteroatoms. The van der Waals surface area contributed by atoms with Gasteiger partial charge in [-0.1, -0.05) is 18.2 Å². The second-order valence-corrected chi connectivity index (χ2v) is 2.73. The first kappa shape index (κ1) is 7.10. The van der Waals surface area contributed by atoms with Crippen LogP contribution in [0.2, 0.25) is 0 Å². The van der Waals surface area contributed by atoms with Crippen molar-refractivity contribution in [2.45, 2.75) is 0 Å². The molecule has 0 amide bonds. The van der Waals surface area contributed by atoms with Crippen LogP contribution in [-0.2, 0) is 7.05 Å². The van der Waals surface area contributed by atoms with Crippen molar-refractivity contribution >= 4 is 10.8 Å². The van der Waals surface area contributed by atoms with Crippen molar-refractivity contribution < 1.29 is 0 Å². The third kappa shape index (κ3) is 0.925. The highest BCUT2D eigenvalue weighted by Gasteiger charge is 1.97. The van der Waals surface area contributed by atoms with Gasteiger partial charge in [-0.05, 0) is 17.5 Å². The summed E-state index contributed by atoms with van der Waals surface area (Å²) < 4.78 is 1.55. The number of aryl methyl sites for hydroxylation is 1. The topological polar surface area (TPSA) is 22.0 Å². The zero-order valence-electron chi connectivity index (χ0n) is 6.74. The lowest BCUT2D eigenvalue weighted by atomic mass is 10.2. The van der Waals surface area contributed by atoms with Gasteiger partial charge in [-0.2, -0.15) is 0 Å². The normalized spacial score (nSPS) is 10.4. The van der Waals surface area contributed by atoms with E-state index in [-0.39, 0.29) is 5.56 Å². The zero-order chi connectivity index (χ0) is 8.55. The van der Waals surface area contributed by atoms with Crippen LogP contribution in [0.15, 0.2) is 35.3 Å². The van der Waals surface area contributed by atoms with E-state index in [1.807, 2.05) is 18.2 Å². The molecule has 0 fully saturated rings. The summed E-state index contributed by atoms with van der Waals surface area (Å²) in [6.07, 6.45) is 1.76. The van der Waals surface area contributed by atoms with E-state index in [2.05, 4.69) is 6.07 Å². The fraction of sp³-hybridized carbons (Fsp3) is 0.100. The SMILES string of the molecule is Cn1ccc2ccc[c]c2c1=O. The number of benzene rings is 1.